The van der Waals surface area contributed by atoms with Crippen LogP contribution in [0.5, 0.6) is 11.5 Å². The molecule has 1 aliphatic heterocycles. The summed E-state index contributed by atoms with van der Waals surface area (Å²) in [7, 11) is 0. The second kappa shape index (κ2) is 7.24. The van der Waals surface area contributed by atoms with E-state index < -0.39 is 11.7 Å². The average Bonchev–Trinajstić information content (AvgIpc) is 3.48. The minimum atomic E-state index is -3.69. The van der Waals surface area contributed by atoms with Crippen molar-refractivity contribution in [3.8, 4) is 11.5 Å². The zero-order valence-corrected chi connectivity index (χ0v) is 17.8. The minimum Gasteiger partial charge on any atom is -0.395 e. The van der Waals surface area contributed by atoms with E-state index in [0.29, 0.717) is 29.8 Å². The number of rotatable bonds is 5. The Morgan fingerprint density at radius 3 is 2.62 bits per heavy atom. The number of aryl methyl sites for hydroxylation is 1. The van der Waals surface area contributed by atoms with Crippen molar-refractivity contribution in [2.24, 2.45) is 0 Å². The summed E-state index contributed by atoms with van der Waals surface area (Å²) in [5, 5.41) is 0.162. The van der Waals surface area contributed by atoms with Gasteiger partial charge in [-0.3, -0.25) is 14.6 Å². The molecule has 2 aliphatic carbocycles. The molecular weight excluding hydrogens is 440 g/mol. The van der Waals surface area contributed by atoms with Crippen LogP contribution in [0.2, 0.25) is 0 Å². The number of pyridine rings is 1. The zero-order chi connectivity index (χ0) is 22.7. The number of allylic oxidation sites excluding steroid dienone is 4. The molecule has 1 aromatic carbocycles. The molecule has 0 bridgehead atoms. The molecule has 0 spiro atoms. The number of nitrogens with zero attached hydrogens (tertiary/aromatic N) is 1. The molecule has 8 heteroatoms. The summed E-state index contributed by atoms with van der Waals surface area (Å²) in [4.78, 5) is 29.6. The van der Waals surface area contributed by atoms with E-state index in [1.165, 1.54) is 12.1 Å². The second-order valence-corrected chi connectivity index (χ2v) is 8.67. The Morgan fingerprint density at radius 1 is 1.16 bits per heavy atom. The van der Waals surface area contributed by atoms with Crippen LogP contribution in [-0.2, 0) is 21.4 Å². The van der Waals surface area contributed by atoms with Gasteiger partial charge < -0.3 is 9.47 Å². The van der Waals surface area contributed by atoms with Gasteiger partial charge in [-0.2, -0.15) is 0 Å². The number of aromatic nitrogens is 1. The zero-order valence-electron chi connectivity index (χ0n) is 17.1. The number of ether oxygens (including phenoxy) is 2. The van der Waals surface area contributed by atoms with Crippen molar-refractivity contribution in [3.63, 3.8) is 0 Å². The molecular formula is C24H18ClF2NO4. The molecule has 0 atom stereocenters. The molecule has 0 amide bonds. The highest BCUT2D eigenvalue weighted by molar-refractivity contribution is 6.43. The van der Waals surface area contributed by atoms with Crippen molar-refractivity contribution in [2.45, 2.75) is 44.3 Å². The second-order valence-electron chi connectivity index (χ2n) is 8.26. The van der Waals surface area contributed by atoms with Gasteiger partial charge >= 0.3 is 6.29 Å². The van der Waals surface area contributed by atoms with Gasteiger partial charge in [0.05, 0.1) is 16.1 Å². The number of benzene rings is 1. The van der Waals surface area contributed by atoms with Crippen LogP contribution in [0.4, 0.5) is 8.78 Å². The number of carbonyl (C=O) groups excluding carboxylic acids is 2. The van der Waals surface area contributed by atoms with Gasteiger partial charge in [-0.25, -0.2) is 0 Å². The van der Waals surface area contributed by atoms with Gasteiger partial charge in [0, 0.05) is 18.5 Å². The number of hydrogen-bond acceptors (Lipinski definition) is 5. The van der Waals surface area contributed by atoms with Gasteiger partial charge in [-0.15, -0.1) is 8.78 Å². The topological polar surface area (TPSA) is 65.5 Å². The summed E-state index contributed by atoms with van der Waals surface area (Å²) < 4.78 is 35.7. The molecule has 0 N–H and O–H groups in total. The summed E-state index contributed by atoms with van der Waals surface area (Å²) in [6.07, 6.45) is 1.25. The molecule has 0 saturated heterocycles. The van der Waals surface area contributed by atoms with Gasteiger partial charge in [0.2, 0.25) is 0 Å². The Kier molecular flexibility index (Phi) is 4.71. The van der Waals surface area contributed by atoms with Crippen LogP contribution in [0.15, 0.2) is 47.5 Å². The third kappa shape index (κ3) is 3.60. The molecule has 0 unspecified atom stereocenters. The Morgan fingerprint density at radius 2 is 1.91 bits per heavy atom. The number of alkyl halides is 2. The molecule has 1 aromatic heterocycles. The number of Topliss-reactive ketones (excluding diaryl/α,β-unsaturated/α-hetero) is 2. The lowest BCUT2D eigenvalue weighted by Gasteiger charge is -2.16. The first kappa shape index (κ1) is 20.8. The molecule has 5 nitrogen and oxygen atoms in total. The van der Waals surface area contributed by atoms with Crippen molar-refractivity contribution in [3.05, 3.63) is 70.0 Å². The van der Waals surface area contributed by atoms with Crippen molar-refractivity contribution < 1.29 is 27.8 Å². The standard InChI is InChI=1S/C24H18ClF2NO4/c1-13-2-5-16(28-22(13)14-3-6-18(29)17(25)10-14)12-21(30)23(8-9-23)15-4-7-19-20(11-15)32-24(26,27)31-19/h2-5,7,10-11H,6,8-9,12H2,1H3. The average molecular weight is 458 g/mol. The lowest BCUT2D eigenvalue weighted by atomic mass is 9.88. The number of hydrogen-bond donors (Lipinski definition) is 0. The Bertz CT molecular complexity index is 1230. The largest absolute Gasteiger partial charge is 0.586 e. The van der Waals surface area contributed by atoms with Crippen LogP contribution in [0.3, 0.4) is 0 Å². The van der Waals surface area contributed by atoms with Crippen LogP contribution in [0, 0.1) is 6.92 Å². The van der Waals surface area contributed by atoms with E-state index in [-0.39, 0.29) is 40.9 Å². The molecule has 2 heterocycles. The Balaban J connectivity index is 1.39. The first-order chi connectivity index (χ1) is 15.2. The third-order valence-electron chi connectivity index (χ3n) is 6.06. The van der Waals surface area contributed by atoms with Gasteiger partial charge in [0.1, 0.15) is 5.78 Å². The highest BCUT2D eigenvalue weighted by Crippen LogP contribution is 2.52. The minimum absolute atomic E-state index is 0.0354. The summed E-state index contributed by atoms with van der Waals surface area (Å²) >= 11 is 6.00. The van der Waals surface area contributed by atoms with E-state index in [1.807, 2.05) is 13.0 Å². The fraction of sp³-hybridized carbons (Fsp3) is 0.292. The predicted octanol–water partition coefficient (Wildman–Crippen LogP) is 5.03. The fourth-order valence-corrected chi connectivity index (χ4v) is 4.33. The monoisotopic (exact) mass is 457 g/mol. The summed E-state index contributed by atoms with van der Waals surface area (Å²) in [5.41, 5.74) is 2.83. The molecule has 2 aromatic rings. The SMILES string of the molecule is Cc1ccc(CC(=O)C2(c3ccc4c(c3)OC(F)(F)O4)CC2)nc1C1=CCC(=O)C(Cl)=C1. The lowest BCUT2D eigenvalue weighted by molar-refractivity contribution is -0.286. The van der Waals surface area contributed by atoms with Crippen molar-refractivity contribution in [2.75, 3.05) is 0 Å². The number of halogens is 3. The Hall–Kier alpha value is -3.06. The van der Waals surface area contributed by atoms with E-state index in [9.17, 15) is 18.4 Å². The van der Waals surface area contributed by atoms with Crippen molar-refractivity contribution >= 4 is 28.7 Å². The van der Waals surface area contributed by atoms with Crippen LogP contribution < -0.4 is 9.47 Å². The molecule has 3 aliphatic rings. The maximum absolute atomic E-state index is 13.3. The van der Waals surface area contributed by atoms with E-state index in [0.717, 1.165) is 11.1 Å². The van der Waals surface area contributed by atoms with E-state index >= 15 is 0 Å². The third-order valence-corrected chi connectivity index (χ3v) is 6.38. The number of carbonyl (C=O) groups is 2. The lowest BCUT2D eigenvalue weighted by Crippen LogP contribution is -2.26. The highest BCUT2D eigenvalue weighted by Gasteiger charge is 2.52. The maximum atomic E-state index is 13.3. The van der Waals surface area contributed by atoms with E-state index in [1.54, 1.807) is 24.3 Å². The Labute approximate surface area is 187 Å². The summed E-state index contributed by atoms with van der Waals surface area (Å²) in [6.45, 7) is 1.90. The van der Waals surface area contributed by atoms with Gasteiger partial charge in [-0.1, -0.05) is 29.8 Å². The molecule has 164 valence electrons. The van der Waals surface area contributed by atoms with Crippen LogP contribution >= 0.6 is 11.6 Å². The highest BCUT2D eigenvalue weighted by atomic mass is 35.5. The van der Waals surface area contributed by atoms with Crippen LogP contribution in [0.1, 0.15) is 41.8 Å². The molecule has 1 fully saturated rings. The number of ketones is 2. The first-order valence-electron chi connectivity index (χ1n) is 10.2. The number of fused-ring (bicyclic) bond motifs is 1. The maximum Gasteiger partial charge on any atom is 0.586 e. The quantitative estimate of drug-likeness (QED) is 0.629. The normalized spacial score (nSPS) is 19.9. The summed E-state index contributed by atoms with van der Waals surface area (Å²) in [6, 6.07) is 8.19. The molecule has 1 saturated carbocycles. The summed E-state index contributed by atoms with van der Waals surface area (Å²) in [5.74, 6) is -0.286. The van der Waals surface area contributed by atoms with Crippen molar-refractivity contribution in [1.29, 1.82) is 0 Å². The first-order valence-corrected chi connectivity index (χ1v) is 10.6. The van der Waals surface area contributed by atoms with Crippen LogP contribution in [0.25, 0.3) is 5.57 Å². The van der Waals surface area contributed by atoms with E-state index in [2.05, 4.69) is 14.5 Å². The molecule has 5 rings (SSSR count). The fourth-order valence-electron chi connectivity index (χ4n) is 4.13. The van der Waals surface area contributed by atoms with Crippen molar-refractivity contribution in [1.82, 2.24) is 4.98 Å². The molecule has 32 heavy (non-hydrogen) atoms. The van der Waals surface area contributed by atoms with Gasteiger partial charge in [0.15, 0.2) is 17.3 Å². The van der Waals surface area contributed by atoms with Crippen LogP contribution in [-0.4, -0.2) is 22.8 Å². The van der Waals surface area contributed by atoms with Gasteiger partial charge in [0.25, 0.3) is 0 Å². The van der Waals surface area contributed by atoms with Gasteiger partial charge in [-0.05, 0) is 60.7 Å². The molecule has 0 radical (unpaired) electrons. The van der Waals surface area contributed by atoms with E-state index in [4.69, 9.17) is 11.6 Å². The predicted molar refractivity (Wildman–Crippen MR) is 113 cm³/mol. The smallest absolute Gasteiger partial charge is 0.395 e.